The van der Waals surface area contributed by atoms with Crippen LogP contribution in [0.15, 0.2) is 54.6 Å². The fourth-order valence-electron chi connectivity index (χ4n) is 4.90. The molecule has 2 bridgehead atoms. The first-order valence-electron chi connectivity index (χ1n) is 9.43. The second-order valence-corrected chi connectivity index (χ2v) is 7.62. The van der Waals surface area contributed by atoms with Crippen LogP contribution in [0, 0.1) is 23.7 Å². The Kier molecular flexibility index (Phi) is 3.15. The average Bonchev–Trinajstić information content (AvgIpc) is 3.47. The van der Waals surface area contributed by atoms with E-state index in [1.807, 2.05) is 0 Å². The average molecular weight is 375 g/mol. The highest BCUT2D eigenvalue weighted by molar-refractivity contribution is 6.22. The quantitative estimate of drug-likeness (QED) is 0.607. The van der Waals surface area contributed by atoms with E-state index in [2.05, 4.69) is 12.2 Å². The zero-order valence-corrected chi connectivity index (χ0v) is 14.9. The Morgan fingerprint density at radius 2 is 1.46 bits per heavy atom. The van der Waals surface area contributed by atoms with Gasteiger partial charge in [0.15, 0.2) is 11.5 Å². The highest BCUT2D eigenvalue weighted by atomic mass is 16.7. The summed E-state index contributed by atoms with van der Waals surface area (Å²) in [7, 11) is 0. The summed E-state index contributed by atoms with van der Waals surface area (Å²) in [5.74, 6) is 2.49. The first-order chi connectivity index (χ1) is 13.7. The van der Waals surface area contributed by atoms with Gasteiger partial charge in [0.25, 0.3) is 0 Å². The van der Waals surface area contributed by atoms with E-state index in [0.717, 1.165) is 6.42 Å². The van der Waals surface area contributed by atoms with Crippen LogP contribution in [0.1, 0.15) is 6.42 Å². The number of ether oxygens (including phenoxy) is 3. The van der Waals surface area contributed by atoms with Crippen LogP contribution in [-0.2, 0) is 9.59 Å². The van der Waals surface area contributed by atoms with E-state index in [-0.39, 0.29) is 42.3 Å². The molecule has 4 atom stereocenters. The van der Waals surface area contributed by atoms with Crippen molar-refractivity contribution < 1.29 is 23.8 Å². The number of fused-ring (bicyclic) bond motifs is 6. The van der Waals surface area contributed by atoms with E-state index in [0.29, 0.717) is 28.7 Å². The summed E-state index contributed by atoms with van der Waals surface area (Å²) in [6.07, 6.45) is 5.13. The third kappa shape index (κ3) is 2.14. The minimum atomic E-state index is -0.188. The van der Waals surface area contributed by atoms with E-state index in [1.54, 1.807) is 42.5 Å². The topological polar surface area (TPSA) is 65.1 Å². The molecule has 1 saturated carbocycles. The van der Waals surface area contributed by atoms with E-state index < -0.39 is 0 Å². The Morgan fingerprint density at radius 3 is 2.18 bits per heavy atom. The molecule has 2 fully saturated rings. The van der Waals surface area contributed by atoms with Gasteiger partial charge in [0.1, 0.15) is 11.5 Å². The van der Waals surface area contributed by atoms with Crippen molar-refractivity contribution in [3.05, 3.63) is 54.6 Å². The van der Waals surface area contributed by atoms with Crippen LogP contribution in [0.5, 0.6) is 23.0 Å². The smallest absolute Gasteiger partial charge is 0.238 e. The van der Waals surface area contributed by atoms with Crippen molar-refractivity contribution in [2.24, 2.45) is 23.7 Å². The maximum atomic E-state index is 12.9. The van der Waals surface area contributed by atoms with Crippen molar-refractivity contribution in [3.63, 3.8) is 0 Å². The third-order valence-corrected chi connectivity index (χ3v) is 6.15. The van der Waals surface area contributed by atoms with Crippen molar-refractivity contribution in [2.75, 3.05) is 11.7 Å². The maximum Gasteiger partial charge on any atom is 0.238 e. The molecule has 2 aliphatic carbocycles. The van der Waals surface area contributed by atoms with Crippen molar-refractivity contribution in [1.29, 1.82) is 0 Å². The lowest BCUT2D eigenvalue weighted by molar-refractivity contribution is -0.123. The summed E-state index contributed by atoms with van der Waals surface area (Å²) < 4.78 is 16.5. The number of anilines is 1. The van der Waals surface area contributed by atoms with Crippen molar-refractivity contribution in [3.8, 4) is 23.0 Å². The lowest BCUT2D eigenvalue weighted by Crippen LogP contribution is -2.32. The molecule has 6 rings (SSSR count). The molecule has 0 N–H and O–H groups in total. The molecule has 0 spiro atoms. The summed E-state index contributed by atoms with van der Waals surface area (Å²) in [5.41, 5.74) is 0.599. The van der Waals surface area contributed by atoms with E-state index >= 15 is 0 Å². The minimum absolute atomic E-state index is 0.0729. The summed E-state index contributed by atoms with van der Waals surface area (Å²) in [6.45, 7) is 0.213. The summed E-state index contributed by atoms with van der Waals surface area (Å²) >= 11 is 0. The molecular weight excluding hydrogens is 358 g/mol. The highest BCUT2D eigenvalue weighted by Crippen LogP contribution is 2.53. The van der Waals surface area contributed by atoms with Crippen molar-refractivity contribution in [2.45, 2.75) is 6.42 Å². The molecule has 140 valence electrons. The Hall–Kier alpha value is -3.28. The van der Waals surface area contributed by atoms with Crippen LogP contribution >= 0.6 is 0 Å². The van der Waals surface area contributed by atoms with Crippen LogP contribution in [0.2, 0.25) is 0 Å². The van der Waals surface area contributed by atoms with E-state index in [4.69, 9.17) is 14.2 Å². The van der Waals surface area contributed by atoms with E-state index in [9.17, 15) is 9.59 Å². The summed E-state index contributed by atoms with van der Waals surface area (Å²) in [5, 5.41) is 0. The Labute approximate surface area is 161 Å². The number of allylic oxidation sites excluding steroid dienone is 2. The summed E-state index contributed by atoms with van der Waals surface area (Å²) in [6, 6.07) is 12.4. The molecule has 2 aromatic rings. The van der Waals surface area contributed by atoms with Crippen molar-refractivity contribution in [1.82, 2.24) is 0 Å². The molecule has 6 heteroatoms. The predicted octanol–water partition coefficient (Wildman–Crippen LogP) is 3.52. The number of imide groups is 1. The van der Waals surface area contributed by atoms with Gasteiger partial charge >= 0.3 is 0 Å². The number of amides is 2. The third-order valence-electron chi connectivity index (χ3n) is 6.15. The SMILES string of the molecule is O=C1[C@@H]2[C@@H](C(=O)N1c1ccc(Oc3ccc4c(c3)OCO4)cc1)[C@@H]1C=C[C@@H]2C1. The molecule has 4 aliphatic rings. The number of rotatable bonds is 3. The Morgan fingerprint density at radius 1 is 0.821 bits per heavy atom. The van der Waals surface area contributed by atoms with Crippen molar-refractivity contribution >= 4 is 17.5 Å². The lowest BCUT2D eigenvalue weighted by Gasteiger charge is -2.17. The number of hydrogen-bond donors (Lipinski definition) is 0. The zero-order valence-electron chi connectivity index (χ0n) is 14.9. The van der Waals surface area contributed by atoms with E-state index in [1.165, 1.54) is 4.90 Å². The molecule has 2 aliphatic heterocycles. The minimum Gasteiger partial charge on any atom is -0.457 e. The highest BCUT2D eigenvalue weighted by Gasteiger charge is 2.59. The number of carbonyl (C=O) groups is 2. The van der Waals surface area contributed by atoms with Crippen LogP contribution in [0.4, 0.5) is 5.69 Å². The van der Waals surface area contributed by atoms with Gasteiger partial charge in [0.05, 0.1) is 17.5 Å². The second-order valence-electron chi connectivity index (χ2n) is 7.62. The first kappa shape index (κ1) is 15.7. The van der Waals surface area contributed by atoms with Gasteiger partial charge in [0.2, 0.25) is 18.6 Å². The molecule has 0 aromatic heterocycles. The van der Waals surface area contributed by atoms with Gasteiger partial charge in [0, 0.05) is 6.07 Å². The number of benzene rings is 2. The Balaban J connectivity index is 1.23. The van der Waals surface area contributed by atoms with Gasteiger partial charge in [-0.3, -0.25) is 14.5 Å². The monoisotopic (exact) mass is 375 g/mol. The molecular formula is C22H17NO5. The molecule has 2 heterocycles. The maximum absolute atomic E-state index is 12.9. The van der Waals surface area contributed by atoms with Gasteiger partial charge in [-0.05, 0) is 54.7 Å². The van der Waals surface area contributed by atoms with Gasteiger partial charge < -0.3 is 14.2 Å². The van der Waals surface area contributed by atoms with Gasteiger partial charge in [-0.15, -0.1) is 0 Å². The molecule has 28 heavy (non-hydrogen) atoms. The first-order valence-corrected chi connectivity index (χ1v) is 9.43. The molecule has 0 radical (unpaired) electrons. The molecule has 2 aromatic carbocycles. The number of nitrogens with zero attached hydrogens (tertiary/aromatic N) is 1. The van der Waals surface area contributed by atoms with Gasteiger partial charge in [-0.25, -0.2) is 0 Å². The molecule has 6 nitrogen and oxygen atoms in total. The van der Waals surface area contributed by atoms with Crippen LogP contribution < -0.4 is 19.1 Å². The normalized spacial score (nSPS) is 28.9. The number of carbonyl (C=O) groups excluding carboxylic acids is 2. The zero-order chi connectivity index (χ0) is 18.8. The lowest BCUT2D eigenvalue weighted by atomic mass is 9.85. The van der Waals surface area contributed by atoms with Gasteiger partial charge in [-0.1, -0.05) is 12.2 Å². The van der Waals surface area contributed by atoms with Crippen LogP contribution in [0.25, 0.3) is 0 Å². The largest absolute Gasteiger partial charge is 0.457 e. The molecule has 0 unspecified atom stereocenters. The predicted molar refractivity (Wildman–Crippen MR) is 99.3 cm³/mol. The molecule has 2 amide bonds. The fraction of sp³-hybridized carbons (Fsp3) is 0.273. The van der Waals surface area contributed by atoms with Crippen LogP contribution in [0.3, 0.4) is 0 Å². The standard InChI is InChI=1S/C22H17NO5/c24-21-19-12-1-2-13(9-12)20(19)22(25)23(21)14-3-5-15(6-4-14)28-16-7-8-17-18(10-16)27-11-26-17/h1-8,10,12-13,19-20H,9,11H2/t12-,13-,19+,20+/m1/s1. The Bertz CT molecular complexity index is 998. The fourth-order valence-corrected chi connectivity index (χ4v) is 4.90. The summed E-state index contributed by atoms with van der Waals surface area (Å²) in [4.78, 5) is 27.1. The number of hydrogen-bond acceptors (Lipinski definition) is 5. The van der Waals surface area contributed by atoms with Crippen LogP contribution in [-0.4, -0.2) is 18.6 Å². The van der Waals surface area contributed by atoms with Gasteiger partial charge in [-0.2, -0.15) is 0 Å². The molecule has 1 saturated heterocycles. The second kappa shape index (κ2) is 5.61.